The van der Waals surface area contributed by atoms with E-state index in [0.29, 0.717) is 39.0 Å². The average molecular weight is 345 g/mol. The molecule has 0 radical (unpaired) electrons. The van der Waals surface area contributed by atoms with Gasteiger partial charge in [0.15, 0.2) is 0 Å². The molecule has 1 fully saturated rings. The molecule has 8 heteroatoms. The van der Waals surface area contributed by atoms with Crippen LogP contribution in [-0.2, 0) is 17.9 Å². The molecule has 3 N–H and O–H groups in total. The number of likely N-dealkylation sites (tertiary alicyclic amines) is 1. The Hall–Kier alpha value is -2.77. The molecule has 0 unspecified atom stereocenters. The number of aryl methyl sites for hydroxylation is 1. The van der Waals surface area contributed by atoms with Crippen LogP contribution >= 0.6 is 0 Å². The summed E-state index contributed by atoms with van der Waals surface area (Å²) in [5.74, 6) is 0.690. The highest BCUT2D eigenvalue weighted by atomic mass is 16.3. The van der Waals surface area contributed by atoms with Gasteiger partial charge in [-0.05, 0) is 38.0 Å². The number of carbonyl (C=O) groups excluding carboxylic acids is 2. The van der Waals surface area contributed by atoms with Crippen LogP contribution in [-0.4, -0.2) is 40.1 Å². The number of urea groups is 1. The van der Waals surface area contributed by atoms with E-state index in [1.165, 1.54) is 0 Å². The van der Waals surface area contributed by atoms with Crippen molar-refractivity contribution in [2.75, 3.05) is 13.1 Å². The average Bonchev–Trinajstić information content (AvgIpc) is 3.29. The van der Waals surface area contributed by atoms with Crippen LogP contribution in [0.3, 0.4) is 0 Å². The van der Waals surface area contributed by atoms with Gasteiger partial charge in [0.1, 0.15) is 5.76 Å². The van der Waals surface area contributed by atoms with Gasteiger partial charge < -0.3 is 20.0 Å². The summed E-state index contributed by atoms with van der Waals surface area (Å²) in [5, 5.41) is 12.7. The molecule has 0 atom stereocenters. The summed E-state index contributed by atoms with van der Waals surface area (Å²) < 4.78 is 5.20. The number of hydrogen-bond donors (Lipinski definition) is 3. The lowest BCUT2D eigenvalue weighted by atomic mass is 9.96. The molecule has 0 saturated carbocycles. The van der Waals surface area contributed by atoms with Crippen LogP contribution < -0.4 is 10.6 Å². The van der Waals surface area contributed by atoms with Crippen molar-refractivity contribution in [3.8, 4) is 0 Å². The number of nitrogens with one attached hydrogen (secondary N) is 3. The highest BCUT2D eigenvalue weighted by Gasteiger charge is 2.27. The third kappa shape index (κ3) is 4.62. The second-order valence-electron chi connectivity index (χ2n) is 6.26. The monoisotopic (exact) mass is 345 g/mol. The molecule has 1 saturated heterocycles. The largest absolute Gasteiger partial charge is 0.467 e. The number of aromatic amines is 1. The van der Waals surface area contributed by atoms with Crippen LogP contribution in [0.1, 0.15) is 30.0 Å². The molecule has 0 spiro atoms. The lowest BCUT2D eigenvalue weighted by Crippen LogP contribution is -2.46. The summed E-state index contributed by atoms with van der Waals surface area (Å²) >= 11 is 0. The van der Waals surface area contributed by atoms with Gasteiger partial charge in [0.05, 0.1) is 25.0 Å². The molecule has 8 nitrogen and oxygen atoms in total. The fraction of sp³-hybridized carbons (Fsp3) is 0.471. The smallest absolute Gasteiger partial charge is 0.317 e. The SMILES string of the molecule is Cc1cc(CNC(=O)N2CCC(C(=O)NCc3ccco3)CC2)n[nH]1. The zero-order chi connectivity index (χ0) is 17.6. The Bertz CT molecular complexity index is 702. The third-order valence-electron chi connectivity index (χ3n) is 4.35. The Morgan fingerprint density at radius 2 is 2.12 bits per heavy atom. The quantitative estimate of drug-likeness (QED) is 0.765. The maximum Gasteiger partial charge on any atom is 0.317 e. The Labute approximate surface area is 146 Å². The van der Waals surface area contributed by atoms with Crippen LogP contribution in [0.4, 0.5) is 4.79 Å². The van der Waals surface area contributed by atoms with Crippen LogP contribution in [0.25, 0.3) is 0 Å². The van der Waals surface area contributed by atoms with Crippen molar-refractivity contribution < 1.29 is 14.0 Å². The van der Waals surface area contributed by atoms with Crippen LogP contribution in [0, 0.1) is 12.8 Å². The summed E-state index contributed by atoms with van der Waals surface area (Å²) in [7, 11) is 0. The third-order valence-corrected chi connectivity index (χ3v) is 4.35. The van der Waals surface area contributed by atoms with Crippen molar-refractivity contribution in [1.29, 1.82) is 0 Å². The predicted octanol–water partition coefficient (Wildman–Crippen LogP) is 1.55. The normalized spacial score (nSPS) is 15.2. The summed E-state index contributed by atoms with van der Waals surface area (Å²) in [6.07, 6.45) is 2.92. The number of piperidine rings is 1. The Kier molecular flexibility index (Phi) is 5.37. The summed E-state index contributed by atoms with van der Waals surface area (Å²) in [6.45, 7) is 3.86. The number of amides is 3. The highest BCUT2D eigenvalue weighted by molar-refractivity contribution is 5.79. The van der Waals surface area contributed by atoms with E-state index in [2.05, 4.69) is 20.8 Å². The predicted molar refractivity (Wildman–Crippen MR) is 90.4 cm³/mol. The first kappa shape index (κ1) is 17.1. The van der Waals surface area contributed by atoms with Crippen LogP contribution in [0.5, 0.6) is 0 Å². The molecule has 25 heavy (non-hydrogen) atoms. The van der Waals surface area contributed by atoms with Crippen molar-refractivity contribution in [3.63, 3.8) is 0 Å². The van der Waals surface area contributed by atoms with Gasteiger partial charge >= 0.3 is 6.03 Å². The molecule has 1 aliphatic heterocycles. The van der Waals surface area contributed by atoms with E-state index in [1.807, 2.05) is 19.1 Å². The van der Waals surface area contributed by atoms with Crippen LogP contribution in [0.15, 0.2) is 28.9 Å². The molecule has 2 aromatic rings. The first-order valence-electron chi connectivity index (χ1n) is 8.45. The molecular weight excluding hydrogens is 322 g/mol. The van der Waals surface area contributed by atoms with Gasteiger partial charge in [-0.3, -0.25) is 9.89 Å². The van der Waals surface area contributed by atoms with E-state index in [9.17, 15) is 9.59 Å². The summed E-state index contributed by atoms with van der Waals surface area (Å²) in [5.41, 5.74) is 1.77. The lowest BCUT2D eigenvalue weighted by molar-refractivity contribution is -0.126. The molecule has 0 bridgehead atoms. The number of H-pyrrole nitrogens is 1. The summed E-state index contributed by atoms with van der Waals surface area (Å²) in [4.78, 5) is 26.1. The van der Waals surface area contributed by atoms with Crippen molar-refractivity contribution >= 4 is 11.9 Å². The molecule has 3 rings (SSSR count). The van der Waals surface area contributed by atoms with E-state index in [0.717, 1.165) is 17.1 Å². The van der Waals surface area contributed by atoms with Crippen molar-refractivity contribution in [3.05, 3.63) is 41.6 Å². The minimum Gasteiger partial charge on any atom is -0.467 e. The zero-order valence-corrected chi connectivity index (χ0v) is 14.2. The molecule has 3 amide bonds. The van der Waals surface area contributed by atoms with E-state index < -0.39 is 0 Å². The van der Waals surface area contributed by atoms with Crippen molar-refractivity contribution in [1.82, 2.24) is 25.7 Å². The fourth-order valence-electron chi connectivity index (χ4n) is 2.92. The fourth-order valence-corrected chi connectivity index (χ4v) is 2.92. The van der Waals surface area contributed by atoms with E-state index in [1.54, 1.807) is 17.2 Å². The molecule has 1 aliphatic rings. The zero-order valence-electron chi connectivity index (χ0n) is 14.2. The minimum absolute atomic E-state index is 0.0171. The number of hydrogen-bond acceptors (Lipinski definition) is 4. The molecule has 2 aromatic heterocycles. The number of aromatic nitrogens is 2. The van der Waals surface area contributed by atoms with Gasteiger partial charge in [-0.15, -0.1) is 0 Å². The number of rotatable bonds is 5. The number of nitrogens with zero attached hydrogens (tertiary/aromatic N) is 2. The Morgan fingerprint density at radius 3 is 2.76 bits per heavy atom. The van der Waals surface area contributed by atoms with E-state index >= 15 is 0 Å². The molecule has 134 valence electrons. The Balaban J connectivity index is 1.38. The highest BCUT2D eigenvalue weighted by Crippen LogP contribution is 2.17. The van der Waals surface area contributed by atoms with Gasteiger partial charge in [-0.25, -0.2) is 4.79 Å². The van der Waals surface area contributed by atoms with E-state index in [4.69, 9.17) is 4.42 Å². The second kappa shape index (κ2) is 7.87. The number of carbonyl (C=O) groups is 2. The molecule has 3 heterocycles. The molecule has 0 aliphatic carbocycles. The van der Waals surface area contributed by atoms with E-state index in [-0.39, 0.29) is 17.9 Å². The topological polar surface area (TPSA) is 103 Å². The van der Waals surface area contributed by atoms with Gasteiger partial charge in [0.2, 0.25) is 5.91 Å². The first-order valence-corrected chi connectivity index (χ1v) is 8.45. The van der Waals surface area contributed by atoms with Gasteiger partial charge in [-0.2, -0.15) is 5.10 Å². The molecular formula is C17H23N5O3. The standard InChI is InChI=1S/C17H23N5O3/c1-12-9-14(21-20-12)10-19-17(24)22-6-4-13(5-7-22)16(23)18-11-15-3-2-8-25-15/h2-3,8-9,13H,4-7,10-11H2,1H3,(H,18,23)(H,19,24)(H,20,21). The van der Waals surface area contributed by atoms with Crippen LogP contribution in [0.2, 0.25) is 0 Å². The second-order valence-corrected chi connectivity index (χ2v) is 6.26. The van der Waals surface area contributed by atoms with Crippen molar-refractivity contribution in [2.45, 2.75) is 32.9 Å². The first-order chi connectivity index (χ1) is 12.1. The van der Waals surface area contributed by atoms with Gasteiger partial charge in [0.25, 0.3) is 0 Å². The minimum atomic E-state index is -0.116. The Morgan fingerprint density at radius 1 is 1.32 bits per heavy atom. The van der Waals surface area contributed by atoms with Gasteiger partial charge in [0, 0.05) is 24.7 Å². The van der Waals surface area contributed by atoms with Gasteiger partial charge in [-0.1, -0.05) is 0 Å². The summed E-state index contributed by atoms with van der Waals surface area (Å²) in [6, 6.07) is 5.41. The molecule has 0 aromatic carbocycles. The maximum absolute atomic E-state index is 12.2. The maximum atomic E-state index is 12.2. The van der Waals surface area contributed by atoms with Crippen molar-refractivity contribution in [2.24, 2.45) is 5.92 Å². The number of furan rings is 1. The lowest BCUT2D eigenvalue weighted by Gasteiger charge is -2.31.